The van der Waals surface area contributed by atoms with Crippen LogP contribution in [-0.4, -0.2) is 30.8 Å². The van der Waals surface area contributed by atoms with Gasteiger partial charge in [-0.1, -0.05) is 25.5 Å². The Bertz CT molecular complexity index is 751. The van der Waals surface area contributed by atoms with E-state index in [0.717, 1.165) is 36.5 Å². The minimum absolute atomic E-state index is 0.407. The fraction of sp³-hybridized carbons (Fsp3) is 0.471. The molecule has 0 amide bonds. The summed E-state index contributed by atoms with van der Waals surface area (Å²) in [5.74, 6) is 0.491. The van der Waals surface area contributed by atoms with Crippen molar-refractivity contribution in [2.75, 3.05) is 13.1 Å². The molecule has 2 heterocycles. The highest BCUT2D eigenvalue weighted by molar-refractivity contribution is 7.89. The van der Waals surface area contributed by atoms with E-state index in [2.05, 4.69) is 11.9 Å². The van der Waals surface area contributed by atoms with Crippen molar-refractivity contribution in [3.8, 4) is 0 Å². The number of hydrogen-bond donors (Lipinski definition) is 0. The molecule has 0 bridgehead atoms. The van der Waals surface area contributed by atoms with Crippen molar-refractivity contribution in [1.29, 1.82) is 0 Å². The van der Waals surface area contributed by atoms with Gasteiger partial charge in [0.15, 0.2) is 0 Å². The molecule has 0 unspecified atom stereocenters. The maximum Gasteiger partial charge on any atom is 0.243 e. The monoisotopic (exact) mass is 318 g/mol. The highest BCUT2D eigenvalue weighted by atomic mass is 32.2. The molecule has 0 radical (unpaired) electrons. The largest absolute Gasteiger partial charge is 0.264 e. The molecule has 0 N–H and O–H groups in total. The van der Waals surface area contributed by atoms with Crippen LogP contribution in [0.15, 0.2) is 41.6 Å². The van der Waals surface area contributed by atoms with Crippen LogP contribution in [0.4, 0.5) is 0 Å². The number of hydrogen-bond acceptors (Lipinski definition) is 3. The molecule has 22 heavy (non-hydrogen) atoms. The van der Waals surface area contributed by atoms with E-state index in [-0.39, 0.29) is 0 Å². The van der Waals surface area contributed by atoms with Crippen molar-refractivity contribution < 1.29 is 8.42 Å². The van der Waals surface area contributed by atoms with Crippen molar-refractivity contribution in [2.24, 2.45) is 5.92 Å². The molecule has 0 spiro atoms. The van der Waals surface area contributed by atoms with E-state index in [1.165, 1.54) is 0 Å². The van der Waals surface area contributed by atoms with Gasteiger partial charge in [0.05, 0.1) is 4.90 Å². The molecule has 1 aromatic carbocycles. The van der Waals surface area contributed by atoms with Crippen molar-refractivity contribution in [1.82, 2.24) is 9.29 Å². The summed E-state index contributed by atoms with van der Waals surface area (Å²) < 4.78 is 27.8. The van der Waals surface area contributed by atoms with Crippen LogP contribution >= 0.6 is 0 Å². The summed E-state index contributed by atoms with van der Waals surface area (Å²) >= 11 is 0. The van der Waals surface area contributed by atoms with E-state index in [1.807, 2.05) is 6.07 Å². The van der Waals surface area contributed by atoms with Gasteiger partial charge in [-0.25, -0.2) is 8.42 Å². The summed E-state index contributed by atoms with van der Waals surface area (Å²) in [6.07, 6.45) is 7.67. The summed E-state index contributed by atoms with van der Waals surface area (Å²) in [6, 6.07) is 7.19. The third-order valence-electron chi connectivity index (χ3n) is 4.44. The van der Waals surface area contributed by atoms with Crippen LogP contribution in [0.25, 0.3) is 10.8 Å². The van der Waals surface area contributed by atoms with Gasteiger partial charge in [-0.3, -0.25) is 4.98 Å². The average Bonchev–Trinajstić information content (AvgIpc) is 2.55. The van der Waals surface area contributed by atoms with Crippen LogP contribution in [0.1, 0.15) is 32.6 Å². The number of pyridine rings is 1. The third kappa shape index (κ3) is 2.88. The Balaban J connectivity index is 1.98. The van der Waals surface area contributed by atoms with Crippen LogP contribution in [0.5, 0.6) is 0 Å². The van der Waals surface area contributed by atoms with Crippen LogP contribution in [0.3, 0.4) is 0 Å². The van der Waals surface area contributed by atoms with E-state index in [9.17, 15) is 8.42 Å². The fourth-order valence-electron chi connectivity index (χ4n) is 3.35. The summed E-state index contributed by atoms with van der Waals surface area (Å²) in [5.41, 5.74) is 0. The zero-order valence-electron chi connectivity index (χ0n) is 12.9. The first-order valence-electron chi connectivity index (χ1n) is 7.96. The number of rotatable bonds is 4. The summed E-state index contributed by atoms with van der Waals surface area (Å²) in [5, 5.41) is 1.63. The maximum atomic E-state index is 13.1. The number of sulfonamides is 1. The second kappa shape index (κ2) is 6.34. The minimum Gasteiger partial charge on any atom is -0.264 e. The number of piperidine rings is 1. The highest BCUT2D eigenvalue weighted by Gasteiger charge is 2.30. The van der Waals surface area contributed by atoms with Crippen molar-refractivity contribution >= 4 is 20.8 Å². The van der Waals surface area contributed by atoms with E-state index in [1.54, 1.807) is 34.9 Å². The number of nitrogens with zero attached hydrogens (tertiary/aromatic N) is 2. The van der Waals surface area contributed by atoms with Gasteiger partial charge in [0.25, 0.3) is 0 Å². The lowest BCUT2D eigenvalue weighted by Gasteiger charge is -2.32. The molecular formula is C17H22N2O2S. The third-order valence-corrected chi connectivity index (χ3v) is 6.36. The van der Waals surface area contributed by atoms with Crippen molar-refractivity contribution in [2.45, 2.75) is 37.5 Å². The van der Waals surface area contributed by atoms with Gasteiger partial charge in [-0.15, -0.1) is 0 Å². The first kappa shape index (κ1) is 15.4. The second-order valence-electron chi connectivity index (χ2n) is 6.01. The predicted octanol–water partition coefficient (Wildman–Crippen LogP) is 3.44. The van der Waals surface area contributed by atoms with E-state index < -0.39 is 10.0 Å². The molecule has 2 aromatic rings. The van der Waals surface area contributed by atoms with Gasteiger partial charge in [0, 0.05) is 36.3 Å². The minimum atomic E-state index is -3.43. The second-order valence-corrected chi connectivity index (χ2v) is 7.92. The molecule has 1 atom stereocenters. The normalized spacial score (nSPS) is 20.3. The zero-order chi connectivity index (χ0) is 15.6. The summed E-state index contributed by atoms with van der Waals surface area (Å²) in [7, 11) is -3.43. The van der Waals surface area contributed by atoms with Crippen molar-refractivity contribution in [3.63, 3.8) is 0 Å². The van der Waals surface area contributed by atoms with E-state index in [0.29, 0.717) is 23.9 Å². The molecule has 1 saturated heterocycles. The molecule has 4 nitrogen and oxygen atoms in total. The smallest absolute Gasteiger partial charge is 0.243 e. The molecule has 0 aliphatic carbocycles. The molecule has 1 aliphatic rings. The van der Waals surface area contributed by atoms with Crippen LogP contribution < -0.4 is 0 Å². The van der Waals surface area contributed by atoms with Gasteiger partial charge in [-0.05, 0) is 37.3 Å². The van der Waals surface area contributed by atoms with Gasteiger partial charge >= 0.3 is 0 Å². The van der Waals surface area contributed by atoms with Gasteiger partial charge in [-0.2, -0.15) is 4.31 Å². The fourth-order valence-corrected chi connectivity index (χ4v) is 5.11. The first-order valence-corrected chi connectivity index (χ1v) is 9.40. The Labute approximate surface area is 132 Å². The molecule has 5 heteroatoms. The Morgan fingerprint density at radius 3 is 3.00 bits per heavy atom. The zero-order valence-corrected chi connectivity index (χ0v) is 13.7. The quantitative estimate of drug-likeness (QED) is 0.867. The molecule has 0 saturated carbocycles. The highest BCUT2D eigenvalue weighted by Crippen LogP contribution is 2.29. The molecular weight excluding hydrogens is 296 g/mol. The lowest BCUT2D eigenvalue weighted by atomic mass is 9.95. The molecule has 1 fully saturated rings. The predicted molar refractivity (Wildman–Crippen MR) is 88.1 cm³/mol. The van der Waals surface area contributed by atoms with Crippen molar-refractivity contribution in [3.05, 3.63) is 36.7 Å². The summed E-state index contributed by atoms with van der Waals surface area (Å²) in [4.78, 5) is 4.48. The van der Waals surface area contributed by atoms with Crippen LogP contribution in [0.2, 0.25) is 0 Å². The number of benzene rings is 1. The lowest BCUT2D eigenvalue weighted by molar-refractivity contribution is 0.255. The Morgan fingerprint density at radius 2 is 2.18 bits per heavy atom. The van der Waals surface area contributed by atoms with Crippen LogP contribution in [-0.2, 0) is 10.0 Å². The number of fused-ring (bicyclic) bond motifs is 1. The lowest BCUT2D eigenvalue weighted by Crippen LogP contribution is -2.39. The van der Waals surface area contributed by atoms with Gasteiger partial charge in [0.1, 0.15) is 0 Å². The first-order chi connectivity index (χ1) is 10.6. The maximum absolute atomic E-state index is 13.1. The Kier molecular flexibility index (Phi) is 4.45. The Morgan fingerprint density at radius 1 is 1.32 bits per heavy atom. The summed E-state index contributed by atoms with van der Waals surface area (Å²) in [6.45, 7) is 3.44. The average molecular weight is 318 g/mol. The molecule has 118 valence electrons. The molecule has 1 aromatic heterocycles. The number of aromatic nitrogens is 1. The van der Waals surface area contributed by atoms with E-state index >= 15 is 0 Å². The van der Waals surface area contributed by atoms with Crippen LogP contribution in [0, 0.1) is 5.92 Å². The molecule has 1 aliphatic heterocycles. The van der Waals surface area contributed by atoms with E-state index in [4.69, 9.17) is 0 Å². The molecule has 3 rings (SSSR count). The Hall–Kier alpha value is -1.46. The van der Waals surface area contributed by atoms with Gasteiger partial charge in [0.2, 0.25) is 10.0 Å². The standard InChI is InChI=1S/C17H22N2O2S/c1-2-5-14-6-4-11-19(13-14)22(20,21)17-8-3-7-15-12-18-10-9-16(15)17/h3,7-10,12,14H,2,4-6,11,13H2,1H3/t14-/m0/s1. The SMILES string of the molecule is CCC[C@H]1CCCN(S(=O)(=O)c2cccc3cnccc23)C1. The van der Waals surface area contributed by atoms with Gasteiger partial charge < -0.3 is 0 Å². The topological polar surface area (TPSA) is 50.3 Å².